The number of aromatic carboxylic acids is 1. The average Bonchev–Trinajstić information content (AvgIpc) is 2.35. The molecule has 0 aliphatic heterocycles. The summed E-state index contributed by atoms with van der Waals surface area (Å²) in [7, 11) is -5.94. The highest BCUT2D eigenvalue weighted by molar-refractivity contribution is 7.88. The first-order valence-corrected chi connectivity index (χ1v) is 6.79. The highest BCUT2D eigenvalue weighted by atomic mass is 32.2. The zero-order valence-corrected chi connectivity index (χ0v) is 10.9. The fourth-order valence-corrected chi connectivity index (χ4v) is 2.09. The quantitative estimate of drug-likeness (QED) is 0.695. The van der Waals surface area contributed by atoms with Gasteiger partial charge in [-0.1, -0.05) is 24.3 Å². The van der Waals surface area contributed by atoms with Gasteiger partial charge < -0.3 is 9.29 Å². The van der Waals surface area contributed by atoms with Crippen molar-refractivity contribution in [3.05, 3.63) is 42.0 Å². The summed E-state index contributed by atoms with van der Waals surface area (Å²) in [6.45, 7) is 0. The van der Waals surface area contributed by atoms with Gasteiger partial charge in [0.1, 0.15) is 5.56 Å². The third-order valence-corrected chi connectivity index (χ3v) is 3.53. The molecular weight excluding hydrogens is 313 g/mol. The van der Waals surface area contributed by atoms with Crippen molar-refractivity contribution in [1.82, 2.24) is 0 Å². The Kier molecular flexibility index (Phi) is 3.54. The van der Waals surface area contributed by atoms with Crippen LogP contribution in [0.25, 0.3) is 10.8 Å². The molecule has 0 aliphatic carbocycles. The Morgan fingerprint density at radius 3 is 2.10 bits per heavy atom. The van der Waals surface area contributed by atoms with E-state index in [0.29, 0.717) is 10.8 Å². The number of carboxylic acid groups (broad SMARTS) is 1. The molecule has 0 unspecified atom stereocenters. The highest BCUT2D eigenvalue weighted by Gasteiger charge is 2.49. The molecule has 0 aromatic heterocycles. The standard InChI is InChI=1S/C12H7F3O5S/c13-12(14,15)21(18,19)20-10-6-8-4-2-1-3-7(8)5-9(10)11(16)17/h1-6H,(H,16,17). The summed E-state index contributed by atoms with van der Waals surface area (Å²) < 4.78 is 62.8. The second-order valence-electron chi connectivity index (χ2n) is 3.98. The van der Waals surface area contributed by atoms with Gasteiger partial charge in [0.15, 0.2) is 5.75 Å². The number of hydrogen-bond acceptors (Lipinski definition) is 4. The second-order valence-corrected chi connectivity index (χ2v) is 5.52. The Morgan fingerprint density at radius 1 is 1.10 bits per heavy atom. The SMILES string of the molecule is O=C(O)c1cc2ccccc2cc1OS(=O)(=O)C(F)(F)F. The van der Waals surface area contributed by atoms with Crippen molar-refractivity contribution in [2.75, 3.05) is 0 Å². The van der Waals surface area contributed by atoms with Crippen LogP contribution in [0.5, 0.6) is 5.75 Å². The highest BCUT2D eigenvalue weighted by Crippen LogP contribution is 2.31. The molecule has 0 saturated carbocycles. The third kappa shape index (κ3) is 2.92. The zero-order valence-electron chi connectivity index (χ0n) is 10.1. The number of fused-ring (bicyclic) bond motifs is 1. The van der Waals surface area contributed by atoms with Crippen LogP contribution in [0.1, 0.15) is 10.4 Å². The Hall–Kier alpha value is -2.29. The van der Waals surface area contributed by atoms with Gasteiger partial charge in [0.25, 0.3) is 0 Å². The molecule has 0 aliphatic rings. The van der Waals surface area contributed by atoms with Gasteiger partial charge >= 0.3 is 21.6 Å². The van der Waals surface area contributed by atoms with E-state index in [1.165, 1.54) is 12.1 Å². The predicted octanol–water partition coefficient (Wildman–Crippen LogP) is 2.77. The van der Waals surface area contributed by atoms with Gasteiger partial charge in [-0.05, 0) is 22.9 Å². The van der Waals surface area contributed by atoms with E-state index in [4.69, 9.17) is 5.11 Å². The number of alkyl halides is 3. The molecule has 9 heteroatoms. The van der Waals surface area contributed by atoms with Gasteiger partial charge in [-0.2, -0.15) is 21.6 Å². The summed E-state index contributed by atoms with van der Waals surface area (Å²) in [5, 5.41) is 9.73. The van der Waals surface area contributed by atoms with Crippen molar-refractivity contribution in [2.24, 2.45) is 0 Å². The smallest absolute Gasteiger partial charge is 0.478 e. The number of benzene rings is 2. The van der Waals surface area contributed by atoms with Gasteiger partial charge in [0.2, 0.25) is 0 Å². The molecule has 112 valence electrons. The van der Waals surface area contributed by atoms with Gasteiger partial charge in [0.05, 0.1) is 0 Å². The molecule has 0 bridgehead atoms. The molecule has 2 aromatic rings. The molecule has 0 atom stereocenters. The summed E-state index contributed by atoms with van der Waals surface area (Å²) in [6, 6.07) is 8.14. The number of carbonyl (C=O) groups is 1. The fraction of sp³-hybridized carbons (Fsp3) is 0.0833. The first-order valence-electron chi connectivity index (χ1n) is 5.38. The van der Waals surface area contributed by atoms with E-state index in [-0.39, 0.29) is 0 Å². The lowest BCUT2D eigenvalue weighted by atomic mass is 10.1. The molecule has 0 fully saturated rings. The second kappa shape index (κ2) is 4.92. The molecule has 21 heavy (non-hydrogen) atoms. The summed E-state index contributed by atoms with van der Waals surface area (Å²) in [5.41, 5.74) is -6.32. The van der Waals surface area contributed by atoms with E-state index in [1.807, 2.05) is 0 Å². The van der Waals surface area contributed by atoms with Crippen molar-refractivity contribution in [3.8, 4) is 5.75 Å². The summed E-state index contributed by atoms with van der Waals surface area (Å²) in [6.07, 6.45) is 0. The minimum atomic E-state index is -5.94. The van der Waals surface area contributed by atoms with Crippen LogP contribution < -0.4 is 4.18 Å². The molecule has 0 radical (unpaired) electrons. The molecular formula is C12H7F3O5S. The Morgan fingerprint density at radius 2 is 1.62 bits per heavy atom. The van der Waals surface area contributed by atoms with Crippen LogP contribution in [0.15, 0.2) is 36.4 Å². The lowest BCUT2D eigenvalue weighted by molar-refractivity contribution is -0.0500. The van der Waals surface area contributed by atoms with Crippen molar-refractivity contribution in [2.45, 2.75) is 5.51 Å². The average molecular weight is 320 g/mol. The minimum absolute atomic E-state index is 0.342. The molecule has 5 nitrogen and oxygen atoms in total. The minimum Gasteiger partial charge on any atom is -0.478 e. The van der Waals surface area contributed by atoms with E-state index in [1.54, 1.807) is 12.1 Å². The van der Waals surface area contributed by atoms with Crippen LogP contribution in [0.2, 0.25) is 0 Å². The van der Waals surface area contributed by atoms with E-state index >= 15 is 0 Å². The predicted molar refractivity (Wildman–Crippen MR) is 66.5 cm³/mol. The van der Waals surface area contributed by atoms with E-state index in [9.17, 15) is 26.4 Å². The van der Waals surface area contributed by atoms with E-state index < -0.39 is 32.9 Å². The van der Waals surface area contributed by atoms with Gasteiger partial charge in [-0.25, -0.2) is 4.79 Å². The molecule has 0 amide bonds. The van der Waals surface area contributed by atoms with Gasteiger partial charge in [-0.15, -0.1) is 0 Å². The normalized spacial score (nSPS) is 12.3. The number of hydrogen-bond donors (Lipinski definition) is 1. The van der Waals surface area contributed by atoms with Crippen LogP contribution in [0.3, 0.4) is 0 Å². The van der Waals surface area contributed by atoms with Crippen LogP contribution in [0, 0.1) is 0 Å². The van der Waals surface area contributed by atoms with E-state index in [2.05, 4.69) is 4.18 Å². The van der Waals surface area contributed by atoms with Crippen molar-refractivity contribution < 1.29 is 35.7 Å². The molecule has 1 N–H and O–H groups in total. The maximum atomic E-state index is 12.3. The number of halogens is 3. The molecule has 0 heterocycles. The van der Waals surface area contributed by atoms with Crippen molar-refractivity contribution in [1.29, 1.82) is 0 Å². The Labute approximate surface area is 116 Å². The molecule has 0 saturated heterocycles. The number of carboxylic acids is 1. The third-order valence-electron chi connectivity index (χ3n) is 2.56. The first kappa shape index (κ1) is 15.1. The monoisotopic (exact) mass is 320 g/mol. The zero-order chi connectivity index (χ0) is 15.8. The molecule has 0 spiro atoms. The fourth-order valence-electron chi connectivity index (χ4n) is 1.62. The summed E-state index contributed by atoms with van der Waals surface area (Å²) in [4.78, 5) is 11.0. The Balaban J connectivity index is 2.62. The molecule has 2 aromatic carbocycles. The summed E-state index contributed by atoms with van der Waals surface area (Å²) in [5.74, 6) is -2.49. The van der Waals surface area contributed by atoms with Crippen LogP contribution in [0.4, 0.5) is 13.2 Å². The molecule has 2 rings (SSSR count). The van der Waals surface area contributed by atoms with E-state index in [0.717, 1.165) is 12.1 Å². The Bertz CT molecular complexity index is 811. The largest absolute Gasteiger partial charge is 0.534 e. The topological polar surface area (TPSA) is 80.7 Å². The maximum Gasteiger partial charge on any atom is 0.534 e. The van der Waals surface area contributed by atoms with Crippen LogP contribution >= 0.6 is 0 Å². The van der Waals surface area contributed by atoms with Gasteiger partial charge in [0, 0.05) is 0 Å². The number of rotatable bonds is 3. The lowest BCUT2D eigenvalue weighted by Crippen LogP contribution is -2.28. The van der Waals surface area contributed by atoms with Crippen LogP contribution in [-0.2, 0) is 10.1 Å². The maximum absolute atomic E-state index is 12.3. The van der Waals surface area contributed by atoms with Crippen molar-refractivity contribution >= 4 is 26.9 Å². The van der Waals surface area contributed by atoms with Crippen molar-refractivity contribution in [3.63, 3.8) is 0 Å². The summed E-state index contributed by atoms with van der Waals surface area (Å²) >= 11 is 0. The van der Waals surface area contributed by atoms with Gasteiger partial charge in [-0.3, -0.25) is 0 Å². The first-order chi connectivity index (χ1) is 9.62. The van der Waals surface area contributed by atoms with Crippen LogP contribution in [-0.4, -0.2) is 25.0 Å². The lowest BCUT2D eigenvalue weighted by Gasteiger charge is -2.12.